The monoisotopic (exact) mass is 608 g/mol. The van der Waals surface area contributed by atoms with Crippen molar-refractivity contribution in [2.45, 2.75) is 51.0 Å². The second-order valence-electron chi connectivity index (χ2n) is 11.7. The number of benzene rings is 2. The minimum absolute atomic E-state index is 0.137. The quantitative estimate of drug-likeness (QED) is 0.214. The fraction of sp³-hybridized carbons (Fsp3) is 0.438. The number of piperidine rings is 1. The average Bonchev–Trinajstić information content (AvgIpc) is 3.49. The van der Waals surface area contributed by atoms with Crippen molar-refractivity contribution in [1.29, 1.82) is 0 Å². The van der Waals surface area contributed by atoms with Crippen LogP contribution in [0.15, 0.2) is 42.9 Å². The summed E-state index contributed by atoms with van der Waals surface area (Å²) in [5.41, 5.74) is 1.95. The third-order valence-corrected chi connectivity index (χ3v) is 8.82. The summed E-state index contributed by atoms with van der Waals surface area (Å²) < 4.78 is 49.1. The van der Waals surface area contributed by atoms with Crippen molar-refractivity contribution < 1.29 is 27.8 Å². The maximum Gasteiger partial charge on any atom is 0.316 e. The van der Waals surface area contributed by atoms with E-state index < -0.39 is 34.7 Å². The van der Waals surface area contributed by atoms with Gasteiger partial charge in [0.1, 0.15) is 0 Å². The minimum Gasteiger partial charge on any atom is -0.503 e. The molecule has 1 aliphatic heterocycles. The first-order valence-electron chi connectivity index (χ1n) is 15.1. The van der Waals surface area contributed by atoms with Crippen LogP contribution in [0, 0.1) is 29.3 Å². The number of aromatic hydroxyl groups is 1. The number of hydrogen-bond acceptors (Lipinski definition) is 7. The van der Waals surface area contributed by atoms with Gasteiger partial charge in [0, 0.05) is 36.1 Å². The van der Waals surface area contributed by atoms with E-state index in [1.165, 1.54) is 12.8 Å². The molecule has 6 rings (SSSR count). The van der Waals surface area contributed by atoms with Gasteiger partial charge in [-0.25, -0.2) is 18.7 Å². The van der Waals surface area contributed by atoms with Gasteiger partial charge in [-0.15, -0.1) is 0 Å². The van der Waals surface area contributed by atoms with Crippen LogP contribution in [0.4, 0.5) is 13.2 Å². The molecule has 1 saturated heterocycles. The number of hydrogen-bond donors (Lipinski definition) is 3. The summed E-state index contributed by atoms with van der Waals surface area (Å²) in [5, 5.41) is 21.0. The molecule has 1 aliphatic carbocycles. The second-order valence-corrected chi connectivity index (χ2v) is 11.7. The molecule has 2 fully saturated rings. The SMILES string of the molecule is O=C(NCC1CCC(n2cc3ccc(-c4cnc(OCCC5CCNCC5)nc4)cc3n2)CC1)c1cc(F)c(O)c(F)c1F. The molecule has 0 unspecified atom stereocenters. The molecule has 4 aromatic rings. The molecule has 2 aromatic heterocycles. The third-order valence-electron chi connectivity index (χ3n) is 8.82. The molecule has 2 aromatic carbocycles. The lowest BCUT2D eigenvalue weighted by atomic mass is 9.86. The van der Waals surface area contributed by atoms with E-state index in [9.17, 15) is 23.1 Å². The highest BCUT2D eigenvalue weighted by molar-refractivity contribution is 5.94. The summed E-state index contributed by atoms with van der Waals surface area (Å²) in [5.74, 6) is -6.26. The van der Waals surface area contributed by atoms with Crippen molar-refractivity contribution in [3.63, 3.8) is 0 Å². The number of amides is 1. The van der Waals surface area contributed by atoms with Crippen LogP contribution in [-0.2, 0) is 0 Å². The number of phenolic OH excluding ortho intramolecular Hbond substituents is 1. The largest absolute Gasteiger partial charge is 0.503 e. The Morgan fingerprint density at radius 3 is 2.48 bits per heavy atom. The van der Waals surface area contributed by atoms with E-state index in [2.05, 4.69) is 20.6 Å². The molecule has 232 valence electrons. The number of phenols is 1. The predicted octanol–water partition coefficient (Wildman–Crippen LogP) is 5.55. The number of carbonyl (C=O) groups excluding carboxylic acids is 1. The Morgan fingerprint density at radius 1 is 0.977 bits per heavy atom. The fourth-order valence-corrected chi connectivity index (χ4v) is 6.13. The van der Waals surface area contributed by atoms with Crippen molar-refractivity contribution in [2.75, 3.05) is 26.2 Å². The first-order chi connectivity index (χ1) is 21.4. The molecule has 0 atom stereocenters. The van der Waals surface area contributed by atoms with Gasteiger partial charge in [0.25, 0.3) is 5.91 Å². The summed E-state index contributed by atoms with van der Waals surface area (Å²) >= 11 is 0. The van der Waals surface area contributed by atoms with E-state index in [-0.39, 0.29) is 18.5 Å². The smallest absolute Gasteiger partial charge is 0.316 e. The van der Waals surface area contributed by atoms with Gasteiger partial charge in [0.15, 0.2) is 17.4 Å². The first kappa shape index (κ1) is 29.9. The zero-order valence-electron chi connectivity index (χ0n) is 24.2. The van der Waals surface area contributed by atoms with Gasteiger partial charge in [-0.05, 0) is 87.6 Å². The van der Waals surface area contributed by atoms with Crippen molar-refractivity contribution in [1.82, 2.24) is 30.4 Å². The van der Waals surface area contributed by atoms with E-state index in [0.29, 0.717) is 24.6 Å². The van der Waals surface area contributed by atoms with Crippen LogP contribution < -0.4 is 15.4 Å². The number of carbonyl (C=O) groups is 1. The molecule has 0 spiro atoms. The standard InChI is InChI=1S/C32H35F3N6O3/c33-26-14-25(28(34)29(35)30(26)42)31(43)37-15-20-1-5-24(6-2-20)41-18-22-4-3-21(13-27(22)40-41)23-16-38-32(39-17-23)44-12-9-19-7-10-36-11-8-19/h3-4,13-14,16-20,24,36,42H,1-2,5-12,15H2,(H,37,43). The average molecular weight is 609 g/mol. The summed E-state index contributed by atoms with van der Waals surface area (Å²) in [6.45, 7) is 3.02. The van der Waals surface area contributed by atoms with Crippen LogP contribution >= 0.6 is 0 Å². The molecule has 3 N–H and O–H groups in total. The molecule has 1 saturated carbocycles. The molecular weight excluding hydrogens is 573 g/mol. The third kappa shape index (κ3) is 6.64. The van der Waals surface area contributed by atoms with E-state index in [4.69, 9.17) is 9.84 Å². The van der Waals surface area contributed by atoms with Crippen LogP contribution in [0.25, 0.3) is 22.0 Å². The van der Waals surface area contributed by atoms with E-state index in [1.807, 2.05) is 29.1 Å². The van der Waals surface area contributed by atoms with Crippen molar-refractivity contribution in [3.8, 4) is 22.9 Å². The molecule has 0 radical (unpaired) electrons. The summed E-state index contributed by atoms with van der Waals surface area (Å²) in [4.78, 5) is 21.2. The maximum absolute atomic E-state index is 14.0. The number of rotatable bonds is 9. The second kappa shape index (κ2) is 13.2. The predicted molar refractivity (Wildman–Crippen MR) is 158 cm³/mol. The lowest BCUT2D eigenvalue weighted by Gasteiger charge is -2.28. The Labute approximate surface area is 252 Å². The Hall–Kier alpha value is -4.19. The Bertz CT molecular complexity index is 1620. The number of fused-ring (bicyclic) bond motifs is 1. The lowest BCUT2D eigenvalue weighted by molar-refractivity contribution is 0.0935. The molecule has 0 bridgehead atoms. The highest BCUT2D eigenvalue weighted by Crippen LogP contribution is 2.33. The van der Waals surface area contributed by atoms with Crippen LogP contribution in [0.2, 0.25) is 0 Å². The van der Waals surface area contributed by atoms with E-state index in [1.54, 1.807) is 12.4 Å². The number of halogens is 3. The molecule has 3 heterocycles. The van der Waals surface area contributed by atoms with E-state index in [0.717, 1.165) is 67.2 Å². The maximum atomic E-state index is 14.0. The van der Waals surface area contributed by atoms with Gasteiger partial charge >= 0.3 is 6.01 Å². The topological polar surface area (TPSA) is 114 Å². The molecule has 9 nitrogen and oxygen atoms in total. The normalized spacial score (nSPS) is 19.2. The van der Waals surface area contributed by atoms with Gasteiger partial charge in [0.05, 0.1) is 23.7 Å². The van der Waals surface area contributed by atoms with Crippen molar-refractivity contribution in [2.24, 2.45) is 11.8 Å². The van der Waals surface area contributed by atoms with Crippen LogP contribution in [0.5, 0.6) is 11.8 Å². The van der Waals surface area contributed by atoms with Crippen LogP contribution in [-0.4, -0.2) is 57.0 Å². The summed E-state index contributed by atoms with van der Waals surface area (Å²) in [7, 11) is 0. The molecule has 1 amide bonds. The zero-order valence-corrected chi connectivity index (χ0v) is 24.2. The molecule has 44 heavy (non-hydrogen) atoms. The minimum atomic E-state index is -1.77. The lowest BCUT2D eigenvalue weighted by Crippen LogP contribution is -2.32. The van der Waals surface area contributed by atoms with Gasteiger partial charge in [-0.3, -0.25) is 9.48 Å². The Morgan fingerprint density at radius 2 is 1.73 bits per heavy atom. The first-order valence-corrected chi connectivity index (χ1v) is 15.1. The van der Waals surface area contributed by atoms with Crippen molar-refractivity contribution >= 4 is 16.8 Å². The van der Waals surface area contributed by atoms with Crippen LogP contribution in [0.3, 0.4) is 0 Å². The van der Waals surface area contributed by atoms with Gasteiger partial charge < -0.3 is 20.5 Å². The Balaban J connectivity index is 1.01. The molecule has 2 aliphatic rings. The highest BCUT2D eigenvalue weighted by atomic mass is 19.2. The Kier molecular flexibility index (Phi) is 8.96. The fourth-order valence-electron chi connectivity index (χ4n) is 6.13. The van der Waals surface area contributed by atoms with Gasteiger partial charge in [0.2, 0.25) is 5.82 Å². The van der Waals surface area contributed by atoms with Crippen molar-refractivity contribution in [3.05, 3.63) is 65.9 Å². The summed E-state index contributed by atoms with van der Waals surface area (Å²) in [6.07, 6.45) is 12.2. The van der Waals surface area contributed by atoms with Gasteiger partial charge in [-0.1, -0.05) is 12.1 Å². The number of aromatic nitrogens is 4. The van der Waals surface area contributed by atoms with Crippen LogP contribution in [0.1, 0.15) is 61.3 Å². The zero-order chi connectivity index (χ0) is 30.6. The molecular formula is C32H35F3N6O3. The highest BCUT2D eigenvalue weighted by Gasteiger charge is 2.26. The summed E-state index contributed by atoms with van der Waals surface area (Å²) in [6, 6.07) is 7.17. The molecule has 12 heteroatoms. The number of ether oxygens (including phenoxy) is 1. The van der Waals surface area contributed by atoms with Gasteiger partial charge in [-0.2, -0.15) is 9.49 Å². The van der Waals surface area contributed by atoms with E-state index >= 15 is 0 Å². The number of nitrogens with zero attached hydrogens (tertiary/aromatic N) is 4. The number of nitrogens with one attached hydrogen (secondary N) is 2.